The van der Waals surface area contributed by atoms with Gasteiger partial charge in [-0.05, 0) is 55.9 Å². The molecule has 1 saturated heterocycles. The highest BCUT2D eigenvalue weighted by molar-refractivity contribution is 6.15. The van der Waals surface area contributed by atoms with Crippen molar-refractivity contribution in [3.63, 3.8) is 0 Å². The van der Waals surface area contributed by atoms with Crippen LogP contribution in [0.3, 0.4) is 0 Å². The van der Waals surface area contributed by atoms with E-state index in [-0.39, 0.29) is 17.3 Å². The maximum absolute atomic E-state index is 13.0. The van der Waals surface area contributed by atoms with E-state index in [2.05, 4.69) is 18.7 Å². The van der Waals surface area contributed by atoms with Crippen LogP contribution in [0.5, 0.6) is 11.5 Å². The van der Waals surface area contributed by atoms with E-state index in [1.54, 1.807) is 12.1 Å². The molecule has 28 heavy (non-hydrogen) atoms. The smallest absolute Gasteiger partial charge is 0.232 e. The maximum atomic E-state index is 13.0. The number of phenolic OH excluding ortho intramolecular Hbond substituents is 1. The minimum atomic E-state index is -0.164. The number of phenols is 1. The number of carbonyl (C=O) groups is 1. The first-order valence-corrected chi connectivity index (χ1v) is 9.90. The minimum Gasteiger partial charge on any atom is -0.507 e. The molecule has 2 atom stereocenters. The lowest BCUT2D eigenvalue weighted by Gasteiger charge is -2.35. The molecule has 1 fully saturated rings. The lowest BCUT2D eigenvalue weighted by molar-refractivity contribution is 0.101. The van der Waals surface area contributed by atoms with E-state index < -0.39 is 0 Å². The minimum absolute atomic E-state index is 0.164. The lowest BCUT2D eigenvalue weighted by Crippen LogP contribution is -2.38. The third-order valence-electron chi connectivity index (χ3n) is 5.58. The molecule has 2 aromatic rings. The number of aryl methyl sites for hydroxylation is 2. The molecule has 0 saturated carbocycles. The quantitative estimate of drug-likeness (QED) is 0.781. The fourth-order valence-electron chi connectivity index (χ4n) is 4.54. The molecule has 0 bridgehead atoms. The summed E-state index contributed by atoms with van der Waals surface area (Å²) in [5, 5.41) is 10.6. The second-order valence-corrected chi connectivity index (χ2v) is 8.42. The normalized spacial score (nSPS) is 23.9. The van der Waals surface area contributed by atoms with Crippen LogP contribution in [0, 0.1) is 25.7 Å². The van der Waals surface area contributed by atoms with Crippen molar-refractivity contribution in [3.8, 4) is 11.5 Å². The predicted octanol–water partition coefficient (Wildman–Crippen LogP) is 4.70. The van der Waals surface area contributed by atoms with Crippen LogP contribution in [0.2, 0.25) is 0 Å². The maximum Gasteiger partial charge on any atom is 0.232 e. The Labute approximate surface area is 165 Å². The van der Waals surface area contributed by atoms with E-state index in [0.717, 1.165) is 24.4 Å². The Morgan fingerprint density at radius 1 is 1.21 bits per heavy atom. The summed E-state index contributed by atoms with van der Waals surface area (Å²) in [5.41, 5.74) is 1.95. The first-order chi connectivity index (χ1) is 13.3. The van der Waals surface area contributed by atoms with E-state index in [4.69, 9.17) is 9.15 Å². The Balaban J connectivity index is 1.68. The number of furan rings is 1. The number of piperidine rings is 1. The predicted molar refractivity (Wildman–Crippen MR) is 107 cm³/mol. The van der Waals surface area contributed by atoms with Crippen LogP contribution in [-0.2, 0) is 6.54 Å². The van der Waals surface area contributed by atoms with Gasteiger partial charge in [0.1, 0.15) is 23.0 Å². The zero-order valence-corrected chi connectivity index (χ0v) is 16.9. The molecule has 5 heteroatoms. The first-order valence-electron chi connectivity index (χ1n) is 9.90. The van der Waals surface area contributed by atoms with Gasteiger partial charge in [0.25, 0.3) is 0 Å². The fraction of sp³-hybridized carbons (Fsp3) is 0.435. The van der Waals surface area contributed by atoms with Crippen molar-refractivity contribution in [2.45, 2.75) is 40.7 Å². The van der Waals surface area contributed by atoms with E-state index in [0.29, 0.717) is 41.0 Å². The summed E-state index contributed by atoms with van der Waals surface area (Å²) in [6, 6.07) is 5.33. The number of rotatable bonds is 3. The number of Topliss-reactive ketones (excluding diaryl/α,β-unsaturated/α-hetero) is 1. The van der Waals surface area contributed by atoms with Crippen molar-refractivity contribution in [2.75, 3.05) is 13.1 Å². The van der Waals surface area contributed by atoms with Crippen molar-refractivity contribution in [1.82, 2.24) is 4.90 Å². The molecule has 0 spiro atoms. The number of hydrogen-bond donors (Lipinski definition) is 1. The number of fused-ring (bicyclic) bond motifs is 1. The van der Waals surface area contributed by atoms with Crippen LogP contribution in [0.1, 0.15) is 53.3 Å². The SMILES string of the molecule is Cc1ccc(/C=C2/Oc3c(CN4CC(C)CC(C)C4)c(O)cc(C)c3C2=O)o1. The Bertz CT molecular complexity index is 946. The number of likely N-dealkylation sites (tertiary alicyclic amines) is 1. The van der Waals surface area contributed by atoms with Crippen molar-refractivity contribution < 1.29 is 19.1 Å². The zero-order chi connectivity index (χ0) is 20.0. The topological polar surface area (TPSA) is 62.9 Å². The molecular formula is C23H27NO4. The highest BCUT2D eigenvalue weighted by Crippen LogP contribution is 2.42. The Kier molecular flexibility index (Phi) is 4.79. The Morgan fingerprint density at radius 3 is 2.57 bits per heavy atom. The highest BCUT2D eigenvalue weighted by Gasteiger charge is 2.34. The fourth-order valence-corrected chi connectivity index (χ4v) is 4.54. The van der Waals surface area contributed by atoms with Gasteiger partial charge in [0, 0.05) is 25.7 Å². The molecule has 0 radical (unpaired) electrons. The molecule has 1 aromatic carbocycles. The van der Waals surface area contributed by atoms with Crippen LogP contribution >= 0.6 is 0 Å². The molecule has 1 aromatic heterocycles. The molecule has 3 heterocycles. The number of carbonyl (C=O) groups excluding carboxylic acids is 1. The number of benzene rings is 1. The Hall–Kier alpha value is -2.53. The Morgan fingerprint density at radius 2 is 1.93 bits per heavy atom. The van der Waals surface area contributed by atoms with Gasteiger partial charge in [0.15, 0.2) is 5.76 Å². The summed E-state index contributed by atoms with van der Waals surface area (Å²) >= 11 is 0. The molecule has 2 aliphatic rings. The zero-order valence-electron chi connectivity index (χ0n) is 16.9. The first kappa shape index (κ1) is 18.8. The van der Waals surface area contributed by atoms with Crippen molar-refractivity contribution in [3.05, 3.63) is 52.2 Å². The van der Waals surface area contributed by atoms with Crippen molar-refractivity contribution >= 4 is 11.9 Å². The van der Waals surface area contributed by atoms with Gasteiger partial charge in [-0.3, -0.25) is 9.69 Å². The number of hydrogen-bond acceptors (Lipinski definition) is 5. The molecule has 0 aliphatic carbocycles. The number of ether oxygens (including phenoxy) is 1. The van der Waals surface area contributed by atoms with Crippen LogP contribution in [0.4, 0.5) is 0 Å². The summed E-state index contributed by atoms with van der Waals surface area (Å²) in [4.78, 5) is 15.3. The number of aromatic hydroxyl groups is 1. The third-order valence-corrected chi connectivity index (χ3v) is 5.58. The lowest BCUT2D eigenvalue weighted by atomic mass is 9.91. The number of nitrogens with zero attached hydrogens (tertiary/aromatic N) is 1. The highest BCUT2D eigenvalue weighted by atomic mass is 16.5. The van der Waals surface area contributed by atoms with Gasteiger partial charge in [0.05, 0.1) is 11.1 Å². The van der Waals surface area contributed by atoms with Gasteiger partial charge in [-0.15, -0.1) is 0 Å². The summed E-state index contributed by atoms with van der Waals surface area (Å²) in [7, 11) is 0. The van der Waals surface area contributed by atoms with Gasteiger partial charge in [-0.25, -0.2) is 0 Å². The molecule has 148 valence electrons. The number of allylic oxidation sites excluding steroid dienone is 1. The van der Waals surface area contributed by atoms with E-state index in [1.807, 2.05) is 26.0 Å². The van der Waals surface area contributed by atoms with Gasteiger partial charge in [0.2, 0.25) is 5.78 Å². The molecule has 4 rings (SSSR count). The molecule has 2 aliphatic heterocycles. The second kappa shape index (κ2) is 7.13. The van der Waals surface area contributed by atoms with Crippen LogP contribution in [0.25, 0.3) is 6.08 Å². The van der Waals surface area contributed by atoms with Crippen LogP contribution in [0.15, 0.2) is 28.4 Å². The summed E-state index contributed by atoms with van der Waals surface area (Å²) in [5.74, 6) is 3.33. The van der Waals surface area contributed by atoms with Crippen molar-refractivity contribution in [1.29, 1.82) is 0 Å². The van der Waals surface area contributed by atoms with Gasteiger partial charge in [-0.1, -0.05) is 13.8 Å². The average molecular weight is 381 g/mol. The van der Waals surface area contributed by atoms with Crippen LogP contribution < -0.4 is 4.74 Å². The average Bonchev–Trinajstić information content (AvgIpc) is 3.15. The molecule has 2 unspecified atom stereocenters. The van der Waals surface area contributed by atoms with E-state index >= 15 is 0 Å². The number of ketones is 1. The largest absolute Gasteiger partial charge is 0.507 e. The third kappa shape index (κ3) is 3.47. The van der Waals surface area contributed by atoms with E-state index in [9.17, 15) is 9.90 Å². The molecule has 0 amide bonds. The molecule has 1 N–H and O–H groups in total. The second-order valence-electron chi connectivity index (χ2n) is 8.42. The van der Waals surface area contributed by atoms with Gasteiger partial charge in [-0.2, -0.15) is 0 Å². The van der Waals surface area contributed by atoms with Gasteiger partial charge >= 0.3 is 0 Å². The monoisotopic (exact) mass is 381 g/mol. The summed E-state index contributed by atoms with van der Waals surface area (Å²) in [6.45, 7) is 10.7. The van der Waals surface area contributed by atoms with Crippen LogP contribution in [-0.4, -0.2) is 28.9 Å². The summed E-state index contributed by atoms with van der Waals surface area (Å²) in [6.07, 6.45) is 2.85. The standard InChI is InChI=1S/C23H27NO4/c1-13-7-14(2)11-24(10-13)12-18-19(25)8-15(3)21-22(26)20(28-23(18)21)9-17-6-5-16(4)27-17/h5-6,8-9,13-14,25H,7,10-12H2,1-4H3/b20-9+. The van der Waals surface area contributed by atoms with Crippen molar-refractivity contribution in [2.24, 2.45) is 11.8 Å². The molecule has 5 nitrogen and oxygen atoms in total. The van der Waals surface area contributed by atoms with E-state index in [1.165, 1.54) is 6.42 Å². The van der Waals surface area contributed by atoms with Gasteiger partial charge < -0.3 is 14.3 Å². The summed E-state index contributed by atoms with van der Waals surface area (Å²) < 4.78 is 11.5. The molecular weight excluding hydrogens is 354 g/mol.